The second-order valence-corrected chi connectivity index (χ2v) is 8.42. The van der Waals surface area contributed by atoms with Crippen LogP contribution in [0.15, 0.2) is 28.7 Å². The van der Waals surface area contributed by atoms with Crippen molar-refractivity contribution in [1.29, 1.82) is 5.26 Å². The van der Waals surface area contributed by atoms with Gasteiger partial charge in [0.25, 0.3) is 5.91 Å². The monoisotopic (exact) mass is 433 g/mol. The maximum atomic E-state index is 12.3. The van der Waals surface area contributed by atoms with Crippen molar-refractivity contribution in [3.63, 3.8) is 0 Å². The van der Waals surface area contributed by atoms with Gasteiger partial charge >= 0.3 is 0 Å². The summed E-state index contributed by atoms with van der Waals surface area (Å²) in [5, 5.41) is 16.1. The highest BCUT2D eigenvalue weighted by Crippen LogP contribution is 2.39. The van der Waals surface area contributed by atoms with Crippen molar-refractivity contribution in [2.75, 3.05) is 5.32 Å². The van der Waals surface area contributed by atoms with Crippen molar-refractivity contribution in [2.24, 2.45) is 5.92 Å². The van der Waals surface area contributed by atoms with Crippen LogP contribution in [-0.4, -0.2) is 11.0 Å². The van der Waals surface area contributed by atoms with E-state index in [9.17, 15) is 10.1 Å². The fourth-order valence-electron chi connectivity index (χ4n) is 2.91. The van der Waals surface area contributed by atoms with Gasteiger partial charge in [0, 0.05) is 9.35 Å². The summed E-state index contributed by atoms with van der Waals surface area (Å²) in [4.78, 5) is 13.6. The molecular formula is C18H16BrN3OS2. The highest BCUT2D eigenvalue weighted by molar-refractivity contribution is 9.10. The molecule has 7 heteroatoms. The zero-order valence-electron chi connectivity index (χ0n) is 13.6. The molecular weight excluding hydrogens is 418 g/mol. The summed E-state index contributed by atoms with van der Waals surface area (Å²) in [7, 11) is 0. The maximum Gasteiger partial charge on any atom is 0.258 e. The second-order valence-electron chi connectivity index (χ2n) is 6.06. The predicted molar refractivity (Wildman–Crippen MR) is 108 cm³/mol. The van der Waals surface area contributed by atoms with Crippen molar-refractivity contribution in [2.45, 2.75) is 26.2 Å². The average molecular weight is 434 g/mol. The van der Waals surface area contributed by atoms with Crippen LogP contribution < -0.4 is 10.6 Å². The van der Waals surface area contributed by atoms with E-state index < -0.39 is 0 Å². The number of nitrogens with one attached hydrogen (secondary N) is 2. The zero-order chi connectivity index (χ0) is 18.0. The lowest BCUT2D eigenvalue weighted by Crippen LogP contribution is -2.34. The minimum absolute atomic E-state index is 0.198. The molecule has 1 aromatic carbocycles. The van der Waals surface area contributed by atoms with Crippen LogP contribution in [0.25, 0.3) is 0 Å². The highest BCUT2D eigenvalue weighted by Gasteiger charge is 2.24. The summed E-state index contributed by atoms with van der Waals surface area (Å²) in [6, 6.07) is 9.43. The molecule has 0 unspecified atom stereocenters. The molecule has 1 aliphatic carbocycles. The number of amides is 1. The molecule has 25 heavy (non-hydrogen) atoms. The van der Waals surface area contributed by atoms with Gasteiger partial charge in [-0.1, -0.05) is 19.1 Å². The Kier molecular flexibility index (Phi) is 5.52. The van der Waals surface area contributed by atoms with Crippen molar-refractivity contribution in [1.82, 2.24) is 5.32 Å². The lowest BCUT2D eigenvalue weighted by molar-refractivity contribution is 0.0977. The van der Waals surface area contributed by atoms with E-state index in [0.717, 1.165) is 29.8 Å². The third-order valence-corrected chi connectivity index (χ3v) is 6.26. The summed E-state index contributed by atoms with van der Waals surface area (Å²) < 4.78 is 0.702. The number of nitriles is 1. The van der Waals surface area contributed by atoms with Gasteiger partial charge in [0.2, 0.25) is 0 Å². The molecule has 1 aliphatic rings. The molecule has 1 heterocycles. The summed E-state index contributed by atoms with van der Waals surface area (Å²) in [6.07, 6.45) is 3.02. The van der Waals surface area contributed by atoms with E-state index in [1.807, 2.05) is 6.07 Å². The molecule has 2 aromatic rings. The fourth-order valence-corrected chi connectivity index (χ4v) is 5.00. The van der Waals surface area contributed by atoms with E-state index in [1.165, 1.54) is 4.88 Å². The first-order valence-electron chi connectivity index (χ1n) is 7.91. The Bertz CT molecular complexity index is 885. The molecule has 2 N–H and O–H groups in total. The van der Waals surface area contributed by atoms with Crippen LogP contribution in [0, 0.1) is 17.2 Å². The quantitative estimate of drug-likeness (QED) is 0.677. The van der Waals surface area contributed by atoms with Gasteiger partial charge in [0.15, 0.2) is 5.11 Å². The number of carbonyl (C=O) groups excluding carboxylic acids is 1. The molecule has 128 valence electrons. The lowest BCUT2D eigenvalue weighted by atomic mass is 9.89. The van der Waals surface area contributed by atoms with Gasteiger partial charge in [-0.2, -0.15) is 5.26 Å². The first kappa shape index (κ1) is 18.1. The molecule has 0 bridgehead atoms. The van der Waals surface area contributed by atoms with Crippen molar-refractivity contribution < 1.29 is 4.79 Å². The van der Waals surface area contributed by atoms with Crippen molar-refractivity contribution in [3.8, 4) is 6.07 Å². The minimum atomic E-state index is -0.293. The number of carbonyl (C=O) groups is 1. The molecule has 4 nitrogen and oxygen atoms in total. The van der Waals surface area contributed by atoms with Crippen molar-refractivity contribution >= 4 is 55.5 Å². The van der Waals surface area contributed by atoms with E-state index in [0.29, 0.717) is 21.5 Å². The number of anilines is 1. The summed E-state index contributed by atoms with van der Waals surface area (Å²) in [5.74, 6) is 0.339. The number of thiocarbonyl (C=S) groups is 1. The molecule has 0 saturated heterocycles. The number of hydrogen-bond acceptors (Lipinski definition) is 4. The number of nitrogens with zero attached hydrogens (tertiary/aromatic N) is 1. The average Bonchev–Trinajstić information content (AvgIpc) is 2.90. The number of halogens is 1. The fraction of sp³-hybridized carbons (Fsp3) is 0.278. The van der Waals surface area contributed by atoms with Gasteiger partial charge < -0.3 is 5.32 Å². The largest absolute Gasteiger partial charge is 0.323 e. The molecule has 0 fully saturated rings. The van der Waals surface area contributed by atoms with E-state index in [4.69, 9.17) is 12.2 Å². The molecule has 1 atom stereocenters. The molecule has 1 aromatic heterocycles. The van der Waals surface area contributed by atoms with Gasteiger partial charge in [-0.15, -0.1) is 11.3 Å². The summed E-state index contributed by atoms with van der Waals surface area (Å²) >= 11 is 10.2. The number of rotatable bonds is 2. The van der Waals surface area contributed by atoms with Crippen LogP contribution in [-0.2, 0) is 12.8 Å². The van der Waals surface area contributed by atoms with Crippen LogP contribution >= 0.6 is 39.5 Å². The Hall–Kier alpha value is -1.75. The minimum Gasteiger partial charge on any atom is -0.323 e. The molecule has 0 saturated carbocycles. The first-order valence-corrected chi connectivity index (χ1v) is 9.93. The molecule has 1 amide bonds. The summed E-state index contributed by atoms with van der Waals surface area (Å²) in [5.41, 5.74) is 2.30. The van der Waals surface area contributed by atoms with Crippen LogP contribution in [0.5, 0.6) is 0 Å². The molecule has 0 radical (unpaired) electrons. The Morgan fingerprint density at radius 2 is 2.20 bits per heavy atom. The van der Waals surface area contributed by atoms with Gasteiger partial charge in [0.05, 0.1) is 11.1 Å². The third kappa shape index (κ3) is 3.92. The predicted octanol–water partition coefficient (Wildman–Crippen LogP) is 4.63. The van der Waals surface area contributed by atoms with E-state index >= 15 is 0 Å². The maximum absolute atomic E-state index is 12.3. The zero-order valence-corrected chi connectivity index (χ0v) is 16.8. The third-order valence-electron chi connectivity index (χ3n) is 4.20. The van der Waals surface area contributed by atoms with Crippen LogP contribution in [0.3, 0.4) is 0 Å². The standard InChI is InChI=1S/C18H16BrN3OS2/c1-10-6-7-11-13(9-20)17(25-15(11)8-10)22-18(24)21-16(23)12-4-2-3-5-14(12)19/h2-5,10H,6-8H2,1H3,(H2,21,22,23,24)/t10-/m0/s1. The van der Waals surface area contributed by atoms with Gasteiger partial charge in [-0.3, -0.25) is 10.1 Å². The van der Waals surface area contributed by atoms with Crippen molar-refractivity contribution in [3.05, 3.63) is 50.3 Å². The Morgan fingerprint density at radius 3 is 2.92 bits per heavy atom. The Labute approximate surface area is 164 Å². The molecule has 0 spiro atoms. The molecule has 0 aliphatic heterocycles. The lowest BCUT2D eigenvalue weighted by Gasteiger charge is -2.17. The van der Waals surface area contributed by atoms with Crippen LogP contribution in [0.1, 0.15) is 39.7 Å². The van der Waals surface area contributed by atoms with E-state index in [-0.39, 0.29) is 11.0 Å². The summed E-state index contributed by atoms with van der Waals surface area (Å²) in [6.45, 7) is 2.23. The smallest absolute Gasteiger partial charge is 0.258 e. The van der Waals surface area contributed by atoms with Crippen LogP contribution in [0.4, 0.5) is 5.00 Å². The SMILES string of the molecule is C[C@H]1CCc2c(sc(NC(=S)NC(=O)c3ccccc3Br)c2C#N)C1. The highest BCUT2D eigenvalue weighted by atomic mass is 79.9. The van der Waals surface area contributed by atoms with E-state index in [1.54, 1.807) is 29.5 Å². The Balaban J connectivity index is 1.75. The van der Waals surface area contributed by atoms with Gasteiger partial charge in [-0.25, -0.2) is 0 Å². The normalized spacial score (nSPS) is 15.8. The topological polar surface area (TPSA) is 64.9 Å². The number of hydrogen-bond donors (Lipinski definition) is 2. The number of fused-ring (bicyclic) bond motifs is 1. The molecule has 3 rings (SSSR count). The van der Waals surface area contributed by atoms with Gasteiger partial charge in [0.1, 0.15) is 11.1 Å². The Morgan fingerprint density at radius 1 is 1.44 bits per heavy atom. The van der Waals surface area contributed by atoms with E-state index in [2.05, 4.69) is 39.6 Å². The first-order chi connectivity index (χ1) is 12.0. The van der Waals surface area contributed by atoms with Gasteiger partial charge in [-0.05, 0) is 71.0 Å². The second kappa shape index (κ2) is 7.65. The van der Waals surface area contributed by atoms with Crippen LogP contribution in [0.2, 0.25) is 0 Å². The number of thiophene rings is 1. The number of benzene rings is 1.